The van der Waals surface area contributed by atoms with E-state index in [2.05, 4.69) is 4.90 Å². The molecular formula is C28H29ClFN3O4. The van der Waals surface area contributed by atoms with E-state index in [-0.39, 0.29) is 18.5 Å². The molecule has 7 nitrogen and oxygen atoms in total. The summed E-state index contributed by atoms with van der Waals surface area (Å²) >= 11 is 6.50. The summed E-state index contributed by atoms with van der Waals surface area (Å²) in [5.74, 6) is -0.322. The summed E-state index contributed by atoms with van der Waals surface area (Å²) in [7, 11) is 0. The van der Waals surface area contributed by atoms with Crippen molar-refractivity contribution >= 4 is 28.3 Å². The largest absolute Gasteiger partial charge is 0.489 e. The smallest absolute Gasteiger partial charge is 0.241 e. The van der Waals surface area contributed by atoms with Gasteiger partial charge in [0, 0.05) is 6.54 Å². The molecule has 3 aliphatic rings. The van der Waals surface area contributed by atoms with E-state index >= 15 is 0 Å². The number of fused-ring (bicyclic) bond motifs is 3. The number of amides is 1. The average Bonchev–Trinajstić information content (AvgIpc) is 3.67. The Morgan fingerprint density at radius 3 is 2.68 bits per heavy atom. The lowest BCUT2D eigenvalue weighted by molar-refractivity contribution is -0.250. The van der Waals surface area contributed by atoms with Gasteiger partial charge in [0.05, 0.1) is 29.9 Å². The van der Waals surface area contributed by atoms with Gasteiger partial charge >= 0.3 is 0 Å². The van der Waals surface area contributed by atoms with Gasteiger partial charge in [0.1, 0.15) is 17.6 Å². The van der Waals surface area contributed by atoms with Crippen LogP contribution in [-0.4, -0.2) is 52.8 Å². The number of primary amides is 1. The van der Waals surface area contributed by atoms with E-state index in [1.165, 1.54) is 12.1 Å². The summed E-state index contributed by atoms with van der Waals surface area (Å²) in [4.78, 5) is 21.3. The number of hydrogen-bond acceptors (Lipinski definition) is 6. The number of nitrogens with zero attached hydrogens (tertiary/aromatic N) is 2. The molecule has 9 heteroatoms. The highest BCUT2D eigenvalue weighted by Crippen LogP contribution is 2.40. The molecule has 3 atom stereocenters. The molecule has 2 heterocycles. The van der Waals surface area contributed by atoms with Crippen molar-refractivity contribution in [2.24, 2.45) is 5.73 Å². The summed E-state index contributed by atoms with van der Waals surface area (Å²) in [6.07, 6.45) is 2.31. The molecule has 1 saturated heterocycles. The molecule has 1 saturated carbocycles. The van der Waals surface area contributed by atoms with Crippen molar-refractivity contribution in [1.29, 1.82) is 0 Å². The predicted octanol–water partition coefficient (Wildman–Crippen LogP) is 4.26. The minimum atomic E-state index is -1.01. The fourth-order valence-corrected chi connectivity index (χ4v) is 5.48. The van der Waals surface area contributed by atoms with Gasteiger partial charge in [-0.1, -0.05) is 35.9 Å². The Hall–Kier alpha value is -2.75. The fourth-order valence-electron chi connectivity index (χ4n) is 5.25. The van der Waals surface area contributed by atoms with Crippen LogP contribution in [0, 0.1) is 5.82 Å². The number of halogens is 2. The third-order valence-corrected chi connectivity index (χ3v) is 7.80. The van der Waals surface area contributed by atoms with Crippen LogP contribution in [0.2, 0.25) is 5.02 Å². The maximum Gasteiger partial charge on any atom is 0.241 e. The maximum atomic E-state index is 13.8. The van der Waals surface area contributed by atoms with Crippen LogP contribution in [0.3, 0.4) is 0 Å². The van der Waals surface area contributed by atoms with E-state index < -0.39 is 24.1 Å². The molecule has 1 amide bonds. The van der Waals surface area contributed by atoms with E-state index in [9.17, 15) is 14.3 Å². The molecule has 0 spiro atoms. The van der Waals surface area contributed by atoms with Crippen LogP contribution in [0.15, 0.2) is 48.5 Å². The normalized spacial score (nSPS) is 21.8. The van der Waals surface area contributed by atoms with Gasteiger partial charge in [-0.25, -0.2) is 4.39 Å². The van der Waals surface area contributed by atoms with Gasteiger partial charge in [0.15, 0.2) is 0 Å². The number of carbonyl (C=O) groups is 1. The fraction of sp³-hybridized carbons (Fsp3) is 0.393. The number of rotatable bonds is 8. The topological polar surface area (TPSA) is 88.3 Å². The molecule has 37 heavy (non-hydrogen) atoms. The molecular weight excluding hydrogens is 497 g/mol. The number of aliphatic hydroxyl groups excluding tert-OH is 1. The summed E-state index contributed by atoms with van der Waals surface area (Å²) in [6.45, 7) is 2.46. The van der Waals surface area contributed by atoms with Crippen LogP contribution >= 0.6 is 11.6 Å². The van der Waals surface area contributed by atoms with E-state index in [4.69, 9.17) is 26.9 Å². The van der Waals surface area contributed by atoms with Gasteiger partial charge in [-0.05, 0) is 84.1 Å². The van der Waals surface area contributed by atoms with Crippen LogP contribution in [0.25, 0.3) is 10.8 Å². The number of benzene rings is 3. The van der Waals surface area contributed by atoms with Crippen molar-refractivity contribution in [3.63, 3.8) is 0 Å². The lowest BCUT2D eigenvalue weighted by Crippen LogP contribution is -2.55. The highest BCUT2D eigenvalue weighted by Gasteiger charge is 2.42. The Labute approximate surface area is 219 Å². The van der Waals surface area contributed by atoms with Crippen molar-refractivity contribution in [3.8, 4) is 5.75 Å². The Balaban J connectivity index is 1.35. The summed E-state index contributed by atoms with van der Waals surface area (Å²) in [5, 5.41) is 15.1. The molecule has 1 unspecified atom stereocenters. The minimum absolute atomic E-state index is 0.167. The van der Waals surface area contributed by atoms with Gasteiger partial charge < -0.3 is 20.5 Å². The van der Waals surface area contributed by atoms with Crippen molar-refractivity contribution in [3.05, 3.63) is 76.1 Å². The number of ether oxygens (including phenoxy) is 1. The number of aliphatic hydroxyl groups is 1. The second-order valence-electron chi connectivity index (χ2n) is 10.1. The maximum absolute atomic E-state index is 13.8. The second-order valence-corrected chi connectivity index (χ2v) is 10.5. The SMILES string of the molecule is NC(=O)C1c2ccc3cc(F)ccc3c2CON1[C@H](CN1CCC1)[C@H](O)c1ccc(OC2CC2)c(Cl)c1. The number of hydroxylamine groups is 2. The zero-order valence-electron chi connectivity index (χ0n) is 20.3. The summed E-state index contributed by atoms with van der Waals surface area (Å²) < 4.78 is 19.7. The van der Waals surface area contributed by atoms with E-state index in [0.29, 0.717) is 28.4 Å². The molecule has 6 rings (SSSR count). The van der Waals surface area contributed by atoms with E-state index in [1.807, 2.05) is 0 Å². The van der Waals surface area contributed by atoms with Crippen molar-refractivity contribution in [2.45, 2.75) is 50.2 Å². The Bertz CT molecular complexity index is 1350. The zero-order chi connectivity index (χ0) is 25.7. The first-order valence-electron chi connectivity index (χ1n) is 12.7. The van der Waals surface area contributed by atoms with Crippen LogP contribution in [0.4, 0.5) is 4.39 Å². The van der Waals surface area contributed by atoms with Crippen molar-refractivity contribution in [2.75, 3.05) is 19.6 Å². The standard InChI is InChI=1S/C28H29ClFN3O4/c29-23-13-17(3-9-25(23)37-19-5-6-19)27(34)24(14-32-10-1-11-32)33-26(28(31)35)21-7-2-16-12-18(30)4-8-20(16)22(21)15-36-33/h2-4,7-9,12-13,19,24,26-27,34H,1,5-6,10-11,14-15H2,(H2,31,35)/t24-,26?,27-/m1/s1. The molecule has 3 aromatic rings. The highest BCUT2D eigenvalue weighted by atomic mass is 35.5. The summed E-state index contributed by atoms with van der Waals surface area (Å²) in [5.41, 5.74) is 8.03. The molecule has 0 bridgehead atoms. The first kappa shape index (κ1) is 24.6. The van der Waals surface area contributed by atoms with Crippen molar-refractivity contribution in [1.82, 2.24) is 9.96 Å². The molecule has 194 valence electrons. The van der Waals surface area contributed by atoms with Crippen molar-refractivity contribution < 1.29 is 23.9 Å². The van der Waals surface area contributed by atoms with Crippen LogP contribution in [-0.2, 0) is 16.2 Å². The average molecular weight is 526 g/mol. The van der Waals surface area contributed by atoms with Gasteiger partial charge in [-0.15, -0.1) is 0 Å². The van der Waals surface area contributed by atoms with Gasteiger partial charge in [0.2, 0.25) is 5.91 Å². The number of hydrogen-bond donors (Lipinski definition) is 2. The summed E-state index contributed by atoms with van der Waals surface area (Å²) in [6, 6.07) is 11.9. The molecule has 3 aromatic carbocycles. The van der Waals surface area contributed by atoms with E-state index in [0.717, 1.165) is 48.7 Å². The zero-order valence-corrected chi connectivity index (χ0v) is 21.0. The minimum Gasteiger partial charge on any atom is -0.489 e. The van der Waals surface area contributed by atoms with E-state index in [1.54, 1.807) is 41.5 Å². The molecule has 0 radical (unpaired) electrons. The molecule has 2 aliphatic heterocycles. The van der Waals surface area contributed by atoms with Gasteiger partial charge in [0.25, 0.3) is 0 Å². The number of nitrogens with two attached hydrogens (primary N) is 1. The molecule has 1 aliphatic carbocycles. The monoisotopic (exact) mass is 525 g/mol. The molecule has 3 N–H and O–H groups in total. The number of likely N-dealkylation sites (tertiary alicyclic amines) is 1. The third-order valence-electron chi connectivity index (χ3n) is 7.51. The first-order valence-corrected chi connectivity index (χ1v) is 13.0. The van der Waals surface area contributed by atoms with Crippen LogP contribution in [0.5, 0.6) is 5.75 Å². The lowest BCUT2D eigenvalue weighted by atomic mass is 9.91. The molecule has 2 fully saturated rings. The highest BCUT2D eigenvalue weighted by molar-refractivity contribution is 6.32. The first-order chi connectivity index (χ1) is 17.9. The quantitative estimate of drug-likeness (QED) is 0.457. The Morgan fingerprint density at radius 2 is 2.00 bits per heavy atom. The molecule has 0 aromatic heterocycles. The lowest BCUT2D eigenvalue weighted by Gasteiger charge is -2.44. The Kier molecular flexibility index (Phi) is 6.54. The second kappa shape index (κ2) is 9.85. The van der Waals surface area contributed by atoms with Gasteiger partial charge in [-0.3, -0.25) is 9.63 Å². The predicted molar refractivity (Wildman–Crippen MR) is 137 cm³/mol. The number of carbonyl (C=O) groups excluding carboxylic acids is 1. The van der Waals surface area contributed by atoms with Crippen LogP contribution < -0.4 is 10.5 Å². The van der Waals surface area contributed by atoms with Crippen LogP contribution in [0.1, 0.15) is 48.1 Å². The Morgan fingerprint density at radius 1 is 1.19 bits per heavy atom. The van der Waals surface area contributed by atoms with Gasteiger partial charge in [-0.2, -0.15) is 5.06 Å². The third kappa shape index (κ3) is 4.80.